The van der Waals surface area contributed by atoms with E-state index < -0.39 is 0 Å². The molecule has 0 radical (unpaired) electrons. The molecule has 0 saturated carbocycles. The number of hydrogen-bond donors (Lipinski definition) is 2. The van der Waals surface area contributed by atoms with Crippen molar-refractivity contribution in [2.75, 3.05) is 13.6 Å². The quantitative estimate of drug-likeness (QED) is 0.873. The molecule has 0 aliphatic heterocycles. The summed E-state index contributed by atoms with van der Waals surface area (Å²) in [6.07, 6.45) is 0. The minimum Gasteiger partial charge on any atom is -0.507 e. The number of nitrogens with one attached hydrogen (secondary N) is 1. The van der Waals surface area contributed by atoms with Crippen LogP contribution in [0.3, 0.4) is 0 Å². The maximum absolute atomic E-state index is 9.56. The first kappa shape index (κ1) is 11.5. The third-order valence-electron chi connectivity index (χ3n) is 2.33. The number of rotatable bonds is 3. The highest BCUT2D eigenvalue weighted by molar-refractivity contribution is 9.10. The maximum atomic E-state index is 9.56. The lowest BCUT2D eigenvalue weighted by Crippen LogP contribution is -2.31. The van der Waals surface area contributed by atoms with E-state index >= 15 is 0 Å². The van der Waals surface area contributed by atoms with Crippen LogP contribution in [-0.2, 0) is 5.41 Å². The van der Waals surface area contributed by atoms with Gasteiger partial charge >= 0.3 is 0 Å². The van der Waals surface area contributed by atoms with Crippen LogP contribution in [0.2, 0.25) is 0 Å². The molecule has 0 aliphatic rings. The summed E-state index contributed by atoms with van der Waals surface area (Å²) in [5.41, 5.74) is 1.12. The Labute approximate surface area is 93.5 Å². The van der Waals surface area contributed by atoms with Crippen molar-refractivity contribution in [3.8, 4) is 5.75 Å². The van der Waals surface area contributed by atoms with Gasteiger partial charge in [0.2, 0.25) is 0 Å². The molecule has 2 N–H and O–H groups in total. The number of halogens is 1. The van der Waals surface area contributed by atoms with Gasteiger partial charge in [0.15, 0.2) is 0 Å². The van der Waals surface area contributed by atoms with Gasteiger partial charge in [-0.05, 0) is 34.6 Å². The van der Waals surface area contributed by atoms with Gasteiger partial charge in [-0.3, -0.25) is 0 Å². The minimum absolute atomic E-state index is 0.00627. The Balaban J connectivity index is 3.12. The third kappa shape index (κ3) is 2.28. The number of phenolic OH excluding ortho intramolecular Hbond substituents is 1. The highest BCUT2D eigenvalue weighted by atomic mass is 79.9. The molecule has 0 bridgehead atoms. The monoisotopic (exact) mass is 257 g/mol. The van der Waals surface area contributed by atoms with Crippen LogP contribution in [0, 0.1) is 0 Å². The summed E-state index contributed by atoms with van der Waals surface area (Å²) in [6.45, 7) is 5.15. The third-order valence-corrected chi connectivity index (χ3v) is 3.16. The lowest BCUT2D eigenvalue weighted by atomic mass is 9.84. The Morgan fingerprint density at radius 3 is 2.64 bits per heavy atom. The zero-order chi connectivity index (χ0) is 10.8. The van der Waals surface area contributed by atoms with Gasteiger partial charge < -0.3 is 10.4 Å². The summed E-state index contributed by atoms with van der Waals surface area (Å²) >= 11 is 3.41. The standard InChI is InChI=1S/C11H16BrNO/c1-11(2,7-13-3)8-5-4-6-9(14)10(8)12/h4-6,13-14H,7H2,1-3H3. The fraction of sp³-hybridized carbons (Fsp3) is 0.455. The predicted molar refractivity (Wildman–Crippen MR) is 62.8 cm³/mol. The van der Waals surface area contributed by atoms with Gasteiger partial charge in [-0.2, -0.15) is 0 Å². The Morgan fingerprint density at radius 1 is 1.43 bits per heavy atom. The zero-order valence-electron chi connectivity index (χ0n) is 8.76. The molecule has 3 heteroatoms. The van der Waals surface area contributed by atoms with E-state index in [0.29, 0.717) is 5.75 Å². The van der Waals surface area contributed by atoms with Crippen molar-refractivity contribution < 1.29 is 5.11 Å². The van der Waals surface area contributed by atoms with Gasteiger partial charge in [-0.1, -0.05) is 26.0 Å². The molecule has 78 valence electrons. The van der Waals surface area contributed by atoms with Crippen LogP contribution in [0.1, 0.15) is 19.4 Å². The van der Waals surface area contributed by atoms with Gasteiger partial charge in [0.1, 0.15) is 5.75 Å². The molecule has 0 atom stereocenters. The van der Waals surface area contributed by atoms with Crippen molar-refractivity contribution in [2.24, 2.45) is 0 Å². The number of aromatic hydroxyl groups is 1. The predicted octanol–water partition coefficient (Wildman–Crippen LogP) is 2.65. The van der Waals surface area contributed by atoms with Crippen LogP contribution in [0.4, 0.5) is 0 Å². The van der Waals surface area contributed by atoms with E-state index in [4.69, 9.17) is 0 Å². The molecule has 0 aromatic heterocycles. The van der Waals surface area contributed by atoms with Gasteiger partial charge in [0, 0.05) is 12.0 Å². The van der Waals surface area contributed by atoms with Crippen molar-refractivity contribution in [1.82, 2.24) is 5.32 Å². The van der Waals surface area contributed by atoms with E-state index in [1.165, 1.54) is 0 Å². The molecule has 0 aliphatic carbocycles. The molecule has 1 aromatic carbocycles. The first-order valence-corrected chi connectivity index (χ1v) is 5.41. The zero-order valence-corrected chi connectivity index (χ0v) is 10.4. The molecule has 0 heterocycles. The first-order valence-electron chi connectivity index (χ1n) is 4.61. The topological polar surface area (TPSA) is 32.3 Å². The molecular formula is C11H16BrNO. The Kier molecular flexibility index (Phi) is 3.56. The van der Waals surface area contributed by atoms with Crippen LogP contribution in [0.5, 0.6) is 5.75 Å². The van der Waals surface area contributed by atoms with Crippen molar-refractivity contribution in [1.29, 1.82) is 0 Å². The molecule has 0 fully saturated rings. The Morgan fingerprint density at radius 2 is 2.07 bits per heavy atom. The number of phenols is 1. The SMILES string of the molecule is CNCC(C)(C)c1cccc(O)c1Br. The van der Waals surface area contributed by atoms with Crippen LogP contribution in [0.25, 0.3) is 0 Å². The number of likely N-dealkylation sites (N-methyl/N-ethyl adjacent to an activating group) is 1. The summed E-state index contributed by atoms with van der Waals surface area (Å²) in [5.74, 6) is 0.298. The second kappa shape index (κ2) is 4.32. The second-order valence-corrected chi connectivity index (χ2v) is 4.85. The molecule has 14 heavy (non-hydrogen) atoms. The van der Waals surface area contributed by atoms with Crippen LogP contribution in [-0.4, -0.2) is 18.7 Å². The Bertz CT molecular complexity index is 323. The molecule has 1 rings (SSSR count). The van der Waals surface area contributed by atoms with E-state index in [0.717, 1.165) is 16.6 Å². The lowest BCUT2D eigenvalue weighted by molar-refractivity contribution is 0.457. The van der Waals surface area contributed by atoms with E-state index in [1.807, 2.05) is 19.2 Å². The van der Waals surface area contributed by atoms with E-state index in [2.05, 4.69) is 35.1 Å². The average molecular weight is 258 g/mol. The van der Waals surface area contributed by atoms with Crippen molar-refractivity contribution >= 4 is 15.9 Å². The molecule has 0 amide bonds. The minimum atomic E-state index is 0.00627. The van der Waals surface area contributed by atoms with Gasteiger partial charge in [0.05, 0.1) is 4.47 Å². The van der Waals surface area contributed by atoms with Crippen molar-refractivity contribution in [2.45, 2.75) is 19.3 Å². The fourth-order valence-corrected chi connectivity index (χ4v) is 2.38. The maximum Gasteiger partial charge on any atom is 0.130 e. The largest absolute Gasteiger partial charge is 0.507 e. The summed E-state index contributed by atoms with van der Waals surface area (Å²) in [7, 11) is 1.93. The molecule has 0 saturated heterocycles. The van der Waals surface area contributed by atoms with E-state index in [1.54, 1.807) is 6.07 Å². The second-order valence-electron chi connectivity index (χ2n) is 4.05. The first-order chi connectivity index (χ1) is 6.49. The lowest BCUT2D eigenvalue weighted by Gasteiger charge is -2.26. The summed E-state index contributed by atoms with van der Waals surface area (Å²) in [5, 5.41) is 12.7. The van der Waals surface area contributed by atoms with Gasteiger partial charge in [-0.15, -0.1) is 0 Å². The number of benzene rings is 1. The summed E-state index contributed by atoms with van der Waals surface area (Å²) in [6, 6.07) is 5.58. The molecule has 1 aromatic rings. The van der Waals surface area contributed by atoms with Gasteiger partial charge in [-0.25, -0.2) is 0 Å². The highest BCUT2D eigenvalue weighted by Gasteiger charge is 2.23. The molecule has 0 spiro atoms. The van der Waals surface area contributed by atoms with Crippen LogP contribution < -0.4 is 5.32 Å². The van der Waals surface area contributed by atoms with Crippen molar-refractivity contribution in [3.63, 3.8) is 0 Å². The van der Waals surface area contributed by atoms with Crippen LogP contribution >= 0.6 is 15.9 Å². The highest BCUT2D eigenvalue weighted by Crippen LogP contribution is 2.35. The molecule has 0 unspecified atom stereocenters. The summed E-state index contributed by atoms with van der Waals surface area (Å²) < 4.78 is 0.792. The van der Waals surface area contributed by atoms with Gasteiger partial charge in [0.25, 0.3) is 0 Å². The van der Waals surface area contributed by atoms with E-state index in [-0.39, 0.29) is 5.41 Å². The number of hydrogen-bond acceptors (Lipinski definition) is 2. The average Bonchev–Trinajstić information content (AvgIpc) is 2.09. The normalized spacial score (nSPS) is 11.7. The molecule has 2 nitrogen and oxygen atoms in total. The fourth-order valence-electron chi connectivity index (χ4n) is 1.58. The van der Waals surface area contributed by atoms with Crippen molar-refractivity contribution in [3.05, 3.63) is 28.2 Å². The Hall–Kier alpha value is -0.540. The van der Waals surface area contributed by atoms with E-state index in [9.17, 15) is 5.11 Å². The molecular weight excluding hydrogens is 242 g/mol. The smallest absolute Gasteiger partial charge is 0.130 e. The van der Waals surface area contributed by atoms with Crippen LogP contribution in [0.15, 0.2) is 22.7 Å². The summed E-state index contributed by atoms with van der Waals surface area (Å²) in [4.78, 5) is 0.